The van der Waals surface area contributed by atoms with Gasteiger partial charge in [0, 0.05) is 17.0 Å². The number of rotatable bonds is 6. The Balaban J connectivity index is 1.52. The summed E-state index contributed by atoms with van der Waals surface area (Å²) in [4.78, 5) is 0. The molecule has 1 nitrogen and oxygen atoms in total. The maximum atomic E-state index is 6.25. The molecule has 2 aliphatic rings. The first-order valence-electron chi connectivity index (χ1n) is 7.72. The number of hydrogen-bond donors (Lipinski definition) is 1. The quantitative estimate of drug-likeness (QED) is 0.763. The standard InChI is InChI=1S/C15H29NS/c16-14(12-17-15-8-4-5-9-15)11-10-13-6-2-1-3-7-13/h13-15H,1-12,16H2. The van der Waals surface area contributed by atoms with Gasteiger partial charge < -0.3 is 5.73 Å². The van der Waals surface area contributed by atoms with Crippen LogP contribution in [-0.4, -0.2) is 17.0 Å². The van der Waals surface area contributed by atoms with Crippen molar-refractivity contribution in [3.05, 3.63) is 0 Å². The predicted molar refractivity (Wildman–Crippen MR) is 78.5 cm³/mol. The Morgan fingerprint density at radius 3 is 2.29 bits per heavy atom. The molecule has 0 aromatic carbocycles. The Bertz CT molecular complexity index is 195. The molecule has 0 radical (unpaired) electrons. The van der Waals surface area contributed by atoms with Crippen LogP contribution in [0.15, 0.2) is 0 Å². The van der Waals surface area contributed by atoms with E-state index in [2.05, 4.69) is 11.8 Å². The van der Waals surface area contributed by atoms with Crippen molar-refractivity contribution in [2.75, 3.05) is 5.75 Å². The highest BCUT2D eigenvalue weighted by Gasteiger charge is 2.18. The molecule has 0 aliphatic heterocycles. The van der Waals surface area contributed by atoms with Gasteiger partial charge in [-0.05, 0) is 31.6 Å². The summed E-state index contributed by atoms with van der Waals surface area (Å²) in [7, 11) is 0. The summed E-state index contributed by atoms with van der Waals surface area (Å²) in [5.41, 5.74) is 6.25. The van der Waals surface area contributed by atoms with Crippen molar-refractivity contribution < 1.29 is 0 Å². The summed E-state index contributed by atoms with van der Waals surface area (Å²) in [5.74, 6) is 2.21. The highest BCUT2D eigenvalue weighted by atomic mass is 32.2. The second-order valence-corrected chi connectivity index (χ2v) is 7.41. The molecule has 2 fully saturated rings. The first-order valence-corrected chi connectivity index (χ1v) is 8.76. The second-order valence-electron chi connectivity index (χ2n) is 6.08. The Morgan fingerprint density at radius 1 is 0.941 bits per heavy atom. The van der Waals surface area contributed by atoms with Crippen LogP contribution >= 0.6 is 11.8 Å². The van der Waals surface area contributed by atoms with E-state index in [1.807, 2.05) is 0 Å². The number of thioether (sulfide) groups is 1. The van der Waals surface area contributed by atoms with Gasteiger partial charge in [0.05, 0.1) is 0 Å². The van der Waals surface area contributed by atoms with Crippen molar-refractivity contribution >= 4 is 11.8 Å². The molecule has 0 heterocycles. The highest BCUT2D eigenvalue weighted by molar-refractivity contribution is 7.99. The Morgan fingerprint density at radius 2 is 1.59 bits per heavy atom. The molecule has 2 rings (SSSR count). The first-order chi connectivity index (χ1) is 8.34. The fraction of sp³-hybridized carbons (Fsp3) is 1.00. The molecular weight excluding hydrogens is 226 g/mol. The maximum Gasteiger partial charge on any atom is 0.0130 e. The molecule has 0 amide bonds. The molecule has 0 spiro atoms. The fourth-order valence-electron chi connectivity index (χ4n) is 3.32. The van der Waals surface area contributed by atoms with Crippen LogP contribution < -0.4 is 5.73 Å². The summed E-state index contributed by atoms with van der Waals surface area (Å²) in [5, 5.41) is 0.940. The van der Waals surface area contributed by atoms with Gasteiger partial charge in [-0.25, -0.2) is 0 Å². The van der Waals surface area contributed by atoms with Gasteiger partial charge in [-0.15, -0.1) is 0 Å². The van der Waals surface area contributed by atoms with E-state index in [0.29, 0.717) is 6.04 Å². The van der Waals surface area contributed by atoms with E-state index in [0.717, 1.165) is 11.2 Å². The zero-order chi connectivity index (χ0) is 11.9. The zero-order valence-corrected chi connectivity index (χ0v) is 12.0. The van der Waals surface area contributed by atoms with Gasteiger partial charge in [-0.3, -0.25) is 0 Å². The Kier molecular flexibility index (Phi) is 6.21. The van der Waals surface area contributed by atoms with Gasteiger partial charge in [0.25, 0.3) is 0 Å². The average Bonchev–Trinajstić information content (AvgIpc) is 2.88. The van der Waals surface area contributed by atoms with Crippen molar-refractivity contribution in [3.8, 4) is 0 Å². The lowest BCUT2D eigenvalue weighted by Gasteiger charge is -2.23. The van der Waals surface area contributed by atoms with Crippen LogP contribution in [0.3, 0.4) is 0 Å². The number of nitrogens with two attached hydrogens (primary N) is 1. The molecule has 0 saturated heterocycles. The summed E-state index contributed by atoms with van der Waals surface area (Å²) in [6, 6.07) is 0.461. The summed E-state index contributed by atoms with van der Waals surface area (Å²) in [6.07, 6.45) is 15.8. The van der Waals surface area contributed by atoms with E-state index < -0.39 is 0 Å². The summed E-state index contributed by atoms with van der Waals surface area (Å²) in [6.45, 7) is 0. The first kappa shape index (κ1) is 13.7. The molecule has 0 bridgehead atoms. The molecular formula is C15H29NS. The van der Waals surface area contributed by atoms with Crippen molar-refractivity contribution in [1.29, 1.82) is 0 Å². The molecule has 0 aromatic heterocycles. The smallest absolute Gasteiger partial charge is 0.0130 e. The Hall–Kier alpha value is 0.310. The van der Waals surface area contributed by atoms with Crippen molar-refractivity contribution in [3.63, 3.8) is 0 Å². The third kappa shape index (κ3) is 5.21. The van der Waals surface area contributed by atoms with Crippen LogP contribution in [0.1, 0.15) is 70.6 Å². The van der Waals surface area contributed by atoms with Crippen LogP contribution in [0.25, 0.3) is 0 Å². The lowest BCUT2D eigenvalue weighted by Crippen LogP contribution is -2.25. The summed E-state index contributed by atoms with van der Waals surface area (Å²) < 4.78 is 0. The van der Waals surface area contributed by atoms with Crippen LogP contribution in [-0.2, 0) is 0 Å². The molecule has 2 aliphatic carbocycles. The second kappa shape index (κ2) is 7.68. The van der Waals surface area contributed by atoms with Gasteiger partial charge in [0.1, 0.15) is 0 Å². The third-order valence-electron chi connectivity index (χ3n) is 4.52. The monoisotopic (exact) mass is 255 g/mol. The van der Waals surface area contributed by atoms with E-state index in [9.17, 15) is 0 Å². The third-order valence-corrected chi connectivity index (χ3v) is 6.08. The van der Waals surface area contributed by atoms with Crippen LogP contribution in [0.4, 0.5) is 0 Å². The minimum absolute atomic E-state index is 0.461. The molecule has 100 valence electrons. The van der Waals surface area contributed by atoms with Gasteiger partial charge in [-0.1, -0.05) is 44.9 Å². The van der Waals surface area contributed by atoms with Gasteiger partial charge in [-0.2, -0.15) is 11.8 Å². The minimum Gasteiger partial charge on any atom is -0.327 e. The van der Waals surface area contributed by atoms with E-state index in [4.69, 9.17) is 5.73 Å². The lowest BCUT2D eigenvalue weighted by molar-refractivity contribution is 0.326. The normalized spacial score (nSPS) is 25.2. The molecule has 2 saturated carbocycles. The minimum atomic E-state index is 0.461. The molecule has 17 heavy (non-hydrogen) atoms. The largest absolute Gasteiger partial charge is 0.327 e. The molecule has 2 heteroatoms. The van der Waals surface area contributed by atoms with E-state index in [-0.39, 0.29) is 0 Å². The topological polar surface area (TPSA) is 26.0 Å². The maximum absolute atomic E-state index is 6.25. The van der Waals surface area contributed by atoms with Crippen molar-refractivity contribution in [2.45, 2.75) is 81.9 Å². The van der Waals surface area contributed by atoms with Crippen molar-refractivity contribution in [2.24, 2.45) is 11.7 Å². The zero-order valence-electron chi connectivity index (χ0n) is 11.2. The van der Waals surface area contributed by atoms with Crippen LogP contribution in [0.5, 0.6) is 0 Å². The van der Waals surface area contributed by atoms with Crippen LogP contribution in [0, 0.1) is 5.92 Å². The van der Waals surface area contributed by atoms with Gasteiger partial charge in [0.2, 0.25) is 0 Å². The molecule has 1 unspecified atom stereocenters. The van der Waals surface area contributed by atoms with Crippen LogP contribution in [0.2, 0.25) is 0 Å². The van der Waals surface area contributed by atoms with E-state index >= 15 is 0 Å². The number of hydrogen-bond acceptors (Lipinski definition) is 2. The average molecular weight is 255 g/mol. The molecule has 1 atom stereocenters. The SMILES string of the molecule is NC(CCC1CCCCC1)CSC1CCCC1. The predicted octanol–water partition coefficient (Wildman–Crippen LogP) is 4.35. The fourth-order valence-corrected chi connectivity index (χ4v) is 4.68. The Labute approximate surface area is 111 Å². The van der Waals surface area contributed by atoms with E-state index in [1.54, 1.807) is 0 Å². The van der Waals surface area contributed by atoms with Gasteiger partial charge in [0.15, 0.2) is 0 Å². The van der Waals surface area contributed by atoms with E-state index in [1.165, 1.54) is 76.4 Å². The summed E-state index contributed by atoms with van der Waals surface area (Å²) >= 11 is 2.15. The lowest BCUT2D eigenvalue weighted by atomic mass is 9.85. The van der Waals surface area contributed by atoms with Gasteiger partial charge >= 0.3 is 0 Å². The molecule has 0 aromatic rings. The molecule has 2 N–H and O–H groups in total. The highest BCUT2D eigenvalue weighted by Crippen LogP contribution is 2.31. The van der Waals surface area contributed by atoms with Crippen molar-refractivity contribution in [1.82, 2.24) is 0 Å².